The number of hydrogen-bond donors (Lipinski definition) is 1. The summed E-state index contributed by atoms with van der Waals surface area (Å²) in [6, 6.07) is 10.7. The summed E-state index contributed by atoms with van der Waals surface area (Å²) in [5, 5.41) is 7.57. The van der Waals surface area contributed by atoms with Crippen molar-refractivity contribution in [3.05, 3.63) is 41.6 Å². The van der Waals surface area contributed by atoms with E-state index < -0.39 is 0 Å². The molecule has 1 fully saturated rings. The number of benzene rings is 1. The molecule has 1 amide bonds. The third-order valence-corrected chi connectivity index (χ3v) is 5.10. The van der Waals surface area contributed by atoms with E-state index in [0.29, 0.717) is 11.7 Å². The van der Waals surface area contributed by atoms with Crippen LogP contribution in [0, 0.1) is 0 Å². The summed E-state index contributed by atoms with van der Waals surface area (Å²) in [7, 11) is 1.89. The molecule has 1 aromatic heterocycles. The van der Waals surface area contributed by atoms with Gasteiger partial charge in [0.25, 0.3) is 5.91 Å². The highest BCUT2D eigenvalue weighted by atomic mass is 16.2. The number of amides is 1. The van der Waals surface area contributed by atoms with Gasteiger partial charge in [-0.3, -0.25) is 9.48 Å². The molecule has 1 heterocycles. The highest BCUT2D eigenvalue weighted by Crippen LogP contribution is 2.26. The Bertz CT molecular complexity index is 731. The van der Waals surface area contributed by atoms with Crippen LogP contribution in [0.2, 0.25) is 0 Å². The molecule has 0 bridgehead atoms. The fourth-order valence-electron chi connectivity index (χ4n) is 3.50. The van der Waals surface area contributed by atoms with Gasteiger partial charge in [-0.1, -0.05) is 64.3 Å². The summed E-state index contributed by atoms with van der Waals surface area (Å²) in [6.07, 6.45) is 5.86. The molecule has 0 saturated heterocycles. The van der Waals surface area contributed by atoms with Gasteiger partial charge in [-0.25, -0.2) is 0 Å². The van der Waals surface area contributed by atoms with Crippen LogP contribution in [0.5, 0.6) is 0 Å². The van der Waals surface area contributed by atoms with Gasteiger partial charge in [0.05, 0.1) is 5.69 Å². The van der Waals surface area contributed by atoms with Gasteiger partial charge in [0.2, 0.25) is 0 Å². The first-order valence-electron chi connectivity index (χ1n) is 9.30. The third kappa shape index (κ3) is 4.12. The zero-order valence-corrected chi connectivity index (χ0v) is 15.8. The first-order valence-corrected chi connectivity index (χ1v) is 9.30. The van der Waals surface area contributed by atoms with Crippen molar-refractivity contribution in [3.63, 3.8) is 0 Å². The lowest BCUT2D eigenvalue weighted by atomic mass is 9.86. The van der Waals surface area contributed by atoms with Crippen LogP contribution in [0.25, 0.3) is 11.3 Å². The first-order chi connectivity index (χ1) is 11.8. The van der Waals surface area contributed by atoms with Crippen LogP contribution < -0.4 is 5.32 Å². The van der Waals surface area contributed by atoms with Crippen LogP contribution in [0.4, 0.5) is 0 Å². The topological polar surface area (TPSA) is 46.9 Å². The van der Waals surface area contributed by atoms with Crippen LogP contribution in [-0.4, -0.2) is 21.7 Å². The van der Waals surface area contributed by atoms with Crippen molar-refractivity contribution in [1.29, 1.82) is 0 Å². The number of hydrogen-bond acceptors (Lipinski definition) is 2. The van der Waals surface area contributed by atoms with Gasteiger partial charge in [0.15, 0.2) is 5.69 Å². The fraction of sp³-hybridized carbons (Fsp3) is 0.524. The summed E-state index contributed by atoms with van der Waals surface area (Å²) in [5.74, 6) is -0.0555. The molecule has 1 N–H and O–H groups in total. The predicted octanol–water partition coefficient (Wildman–Crippen LogP) is 4.45. The molecule has 1 aliphatic carbocycles. The lowest BCUT2D eigenvalue weighted by Gasteiger charge is -2.22. The minimum absolute atomic E-state index is 0.0555. The number of nitrogens with zero attached hydrogens (tertiary/aromatic N) is 2. The Labute approximate surface area is 150 Å². The SMILES string of the molecule is Cn1nc(C(=O)NC2CCCCC2)cc1-c1ccc(C(C)(C)C)cc1. The minimum atomic E-state index is -0.0555. The molecule has 3 rings (SSSR count). The third-order valence-electron chi connectivity index (χ3n) is 5.10. The molecule has 2 aromatic rings. The summed E-state index contributed by atoms with van der Waals surface area (Å²) >= 11 is 0. The maximum atomic E-state index is 12.5. The van der Waals surface area contributed by atoms with Crippen molar-refractivity contribution in [2.45, 2.75) is 64.3 Å². The zero-order chi connectivity index (χ0) is 18.0. The van der Waals surface area contributed by atoms with Crippen molar-refractivity contribution >= 4 is 5.91 Å². The molecule has 1 aromatic carbocycles. The average Bonchev–Trinajstić information content (AvgIpc) is 2.97. The second-order valence-electron chi connectivity index (χ2n) is 8.17. The molecule has 1 aliphatic rings. The molecule has 0 spiro atoms. The molecule has 25 heavy (non-hydrogen) atoms. The fourth-order valence-corrected chi connectivity index (χ4v) is 3.50. The smallest absolute Gasteiger partial charge is 0.272 e. The van der Waals surface area contributed by atoms with Gasteiger partial charge in [0.1, 0.15) is 0 Å². The molecular formula is C21H29N3O. The van der Waals surface area contributed by atoms with Gasteiger partial charge < -0.3 is 5.32 Å². The maximum Gasteiger partial charge on any atom is 0.272 e. The van der Waals surface area contributed by atoms with Crippen LogP contribution in [0.1, 0.15) is 68.9 Å². The number of carbonyl (C=O) groups excluding carboxylic acids is 1. The second kappa shape index (κ2) is 7.03. The lowest BCUT2D eigenvalue weighted by Crippen LogP contribution is -2.36. The molecule has 1 saturated carbocycles. The number of rotatable bonds is 3. The highest BCUT2D eigenvalue weighted by Gasteiger charge is 2.20. The van der Waals surface area contributed by atoms with Gasteiger partial charge in [-0.05, 0) is 35.4 Å². The molecule has 4 heteroatoms. The standard InChI is InChI=1S/C21H29N3O/c1-21(2,3)16-12-10-15(11-13-16)19-14-18(23-24(19)4)20(25)22-17-8-6-5-7-9-17/h10-14,17H,5-9H2,1-4H3,(H,22,25). The lowest BCUT2D eigenvalue weighted by molar-refractivity contribution is 0.0922. The van der Waals surface area contributed by atoms with Crippen molar-refractivity contribution < 1.29 is 4.79 Å². The van der Waals surface area contributed by atoms with Gasteiger partial charge in [-0.15, -0.1) is 0 Å². The number of nitrogens with one attached hydrogen (secondary N) is 1. The van der Waals surface area contributed by atoms with Crippen molar-refractivity contribution in [2.24, 2.45) is 7.05 Å². The van der Waals surface area contributed by atoms with Crippen LogP contribution in [0.15, 0.2) is 30.3 Å². The molecular weight excluding hydrogens is 310 g/mol. The molecule has 0 radical (unpaired) electrons. The van der Waals surface area contributed by atoms with Crippen molar-refractivity contribution in [1.82, 2.24) is 15.1 Å². The Hall–Kier alpha value is -2.10. The Morgan fingerprint density at radius 3 is 2.36 bits per heavy atom. The van der Waals surface area contributed by atoms with Gasteiger partial charge in [-0.2, -0.15) is 5.10 Å². The number of aryl methyl sites for hydroxylation is 1. The Balaban J connectivity index is 1.76. The van der Waals surface area contributed by atoms with Crippen LogP contribution in [-0.2, 0) is 12.5 Å². The molecule has 4 nitrogen and oxygen atoms in total. The average molecular weight is 339 g/mol. The van der Waals surface area contributed by atoms with E-state index in [1.165, 1.54) is 24.8 Å². The van der Waals surface area contributed by atoms with E-state index >= 15 is 0 Å². The van der Waals surface area contributed by atoms with Crippen molar-refractivity contribution in [3.8, 4) is 11.3 Å². The summed E-state index contributed by atoms with van der Waals surface area (Å²) in [4.78, 5) is 12.5. The van der Waals surface area contributed by atoms with E-state index in [0.717, 1.165) is 24.1 Å². The Morgan fingerprint density at radius 2 is 1.76 bits per heavy atom. The van der Waals surface area contributed by atoms with Crippen LogP contribution >= 0.6 is 0 Å². The summed E-state index contributed by atoms with van der Waals surface area (Å²) in [6.45, 7) is 6.62. The highest BCUT2D eigenvalue weighted by molar-refractivity contribution is 5.93. The molecule has 0 unspecified atom stereocenters. The van der Waals surface area contributed by atoms with E-state index in [9.17, 15) is 4.79 Å². The van der Waals surface area contributed by atoms with E-state index in [-0.39, 0.29) is 11.3 Å². The van der Waals surface area contributed by atoms with E-state index in [2.05, 4.69) is 55.5 Å². The minimum Gasteiger partial charge on any atom is -0.348 e. The molecule has 134 valence electrons. The second-order valence-corrected chi connectivity index (χ2v) is 8.17. The molecule has 0 aliphatic heterocycles. The quantitative estimate of drug-likeness (QED) is 0.898. The largest absolute Gasteiger partial charge is 0.348 e. The number of aromatic nitrogens is 2. The van der Waals surface area contributed by atoms with Gasteiger partial charge in [0, 0.05) is 13.1 Å². The maximum absolute atomic E-state index is 12.5. The van der Waals surface area contributed by atoms with Crippen LogP contribution in [0.3, 0.4) is 0 Å². The number of carbonyl (C=O) groups is 1. The first kappa shape index (κ1) is 17.7. The summed E-state index contributed by atoms with van der Waals surface area (Å²) in [5.41, 5.74) is 3.99. The Kier molecular flexibility index (Phi) is 4.98. The zero-order valence-electron chi connectivity index (χ0n) is 15.8. The Morgan fingerprint density at radius 1 is 1.12 bits per heavy atom. The van der Waals surface area contributed by atoms with E-state index in [1.807, 2.05) is 13.1 Å². The van der Waals surface area contributed by atoms with E-state index in [4.69, 9.17) is 0 Å². The predicted molar refractivity (Wildman–Crippen MR) is 102 cm³/mol. The molecule has 0 atom stereocenters. The van der Waals surface area contributed by atoms with Gasteiger partial charge >= 0.3 is 0 Å². The van der Waals surface area contributed by atoms with Crippen molar-refractivity contribution in [2.75, 3.05) is 0 Å². The summed E-state index contributed by atoms with van der Waals surface area (Å²) < 4.78 is 1.79. The van der Waals surface area contributed by atoms with E-state index in [1.54, 1.807) is 4.68 Å². The monoisotopic (exact) mass is 339 g/mol. The normalized spacial score (nSPS) is 16.0.